The Labute approximate surface area is 112 Å². The van der Waals surface area contributed by atoms with Gasteiger partial charge >= 0.3 is 5.97 Å². The van der Waals surface area contributed by atoms with E-state index in [2.05, 4.69) is 20.7 Å². The van der Waals surface area contributed by atoms with Crippen molar-refractivity contribution in [2.45, 2.75) is 19.3 Å². The number of esters is 1. The first-order valence-electron chi connectivity index (χ1n) is 5.17. The molecule has 0 unspecified atom stereocenters. The summed E-state index contributed by atoms with van der Waals surface area (Å²) in [5, 5.41) is 0. The molecule has 100 valence electrons. The molecular weight excluding hydrogens is 310 g/mol. The van der Waals surface area contributed by atoms with Gasteiger partial charge in [0.15, 0.2) is 6.61 Å². The molecule has 1 aromatic rings. The van der Waals surface area contributed by atoms with Gasteiger partial charge in [-0.25, -0.2) is 8.78 Å². The van der Waals surface area contributed by atoms with Gasteiger partial charge in [-0.2, -0.15) is 0 Å². The molecule has 0 aromatic heterocycles. The van der Waals surface area contributed by atoms with Gasteiger partial charge in [0.1, 0.15) is 5.75 Å². The van der Waals surface area contributed by atoms with Crippen molar-refractivity contribution in [1.29, 1.82) is 0 Å². The van der Waals surface area contributed by atoms with Crippen LogP contribution in [-0.2, 0) is 16.0 Å². The number of halogens is 3. The first-order valence-corrected chi connectivity index (χ1v) is 5.97. The Bertz CT molecular complexity index is 430. The largest absolute Gasteiger partial charge is 0.487 e. The van der Waals surface area contributed by atoms with Crippen molar-refractivity contribution in [3.63, 3.8) is 0 Å². The minimum Gasteiger partial charge on any atom is -0.487 e. The molecular formula is C12H13BrF2O3. The Kier molecular flexibility index (Phi) is 5.07. The van der Waals surface area contributed by atoms with Crippen LogP contribution in [-0.4, -0.2) is 25.6 Å². The molecule has 0 spiro atoms. The van der Waals surface area contributed by atoms with Gasteiger partial charge < -0.3 is 9.47 Å². The normalized spacial score (nSPS) is 11.2. The zero-order valence-electron chi connectivity index (χ0n) is 10.0. The van der Waals surface area contributed by atoms with Crippen molar-refractivity contribution < 1.29 is 23.0 Å². The number of rotatable bonds is 5. The van der Waals surface area contributed by atoms with Gasteiger partial charge in [-0.3, -0.25) is 4.79 Å². The predicted octanol–water partition coefficient (Wildman–Crippen LogP) is 3.20. The molecule has 18 heavy (non-hydrogen) atoms. The van der Waals surface area contributed by atoms with Gasteiger partial charge in [0.25, 0.3) is 5.92 Å². The van der Waals surface area contributed by atoms with Crippen LogP contribution < -0.4 is 4.74 Å². The van der Waals surface area contributed by atoms with Crippen molar-refractivity contribution in [2.24, 2.45) is 0 Å². The lowest BCUT2D eigenvalue weighted by Gasteiger charge is -2.15. The smallest absolute Gasteiger partial charge is 0.310 e. The van der Waals surface area contributed by atoms with E-state index in [1.165, 1.54) is 13.2 Å². The summed E-state index contributed by atoms with van der Waals surface area (Å²) in [7, 11) is 1.26. The molecule has 0 heterocycles. The molecule has 0 radical (unpaired) electrons. The molecule has 0 saturated carbocycles. The average Bonchev–Trinajstić information content (AvgIpc) is 2.26. The van der Waals surface area contributed by atoms with E-state index in [0.29, 0.717) is 5.56 Å². The molecule has 0 atom stereocenters. The number of carbonyl (C=O) groups is 1. The molecule has 0 saturated heterocycles. The summed E-state index contributed by atoms with van der Waals surface area (Å²) in [5.74, 6) is -3.12. The van der Waals surface area contributed by atoms with Crippen LogP contribution in [0.3, 0.4) is 0 Å². The predicted molar refractivity (Wildman–Crippen MR) is 66.0 cm³/mol. The Morgan fingerprint density at radius 3 is 2.67 bits per heavy atom. The van der Waals surface area contributed by atoms with Crippen molar-refractivity contribution >= 4 is 21.9 Å². The minimum atomic E-state index is -2.92. The van der Waals surface area contributed by atoms with Crippen LogP contribution >= 0.6 is 15.9 Å². The van der Waals surface area contributed by atoms with E-state index < -0.39 is 18.5 Å². The maximum atomic E-state index is 12.7. The van der Waals surface area contributed by atoms with Crippen LogP contribution in [0, 0.1) is 0 Å². The Morgan fingerprint density at radius 2 is 2.11 bits per heavy atom. The van der Waals surface area contributed by atoms with E-state index in [9.17, 15) is 13.6 Å². The van der Waals surface area contributed by atoms with E-state index in [1.54, 1.807) is 12.1 Å². The zero-order chi connectivity index (χ0) is 13.8. The second-order valence-corrected chi connectivity index (χ2v) is 4.78. The highest BCUT2D eigenvalue weighted by atomic mass is 79.9. The number of alkyl halides is 2. The van der Waals surface area contributed by atoms with Gasteiger partial charge in [-0.1, -0.05) is 15.9 Å². The molecule has 3 nitrogen and oxygen atoms in total. The summed E-state index contributed by atoms with van der Waals surface area (Å²) >= 11 is 3.24. The maximum Gasteiger partial charge on any atom is 0.310 e. The van der Waals surface area contributed by atoms with Crippen LogP contribution in [0.5, 0.6) is 5.75 Å². The SMILES string of the molecule is COC(=O)Cc1cc(Br)ccc1OCC(C)(F)F. The third kappa shape index (κ3) is 5.00. The summed E-state index contributed by atoms with van der Waals surface area (Å²) in [4.78, 5) is 11.2. The lowest BCUT2D eigenvalue weighted by Crippen LogP contribution is -2.21. The first kappa shape index (κ1) is 14.9. The highest BCUT2D eigenvalue weighted by molar-refractivity contribution is 9.10. The standard InChI is InChI=1S/C12H13BrF2O3/c1-12(14,15)7-18-10-4-3-9(13)5-8(10)6-11(16)17-2/h3-5H,6-7H2,1-2H3. The van der Waals surface area contributed by atoms with E-state index >= 15 is 0 Å². The molecule has 0 bridgehead atoms. The zero-order valence-corrected chi connectivity index (χ0v) is 11.6. The quantitative estimate of drug-likeness (QED) is 0.781. The fraction of sp³-hybridized carbons (Fsp3) is 0.417. The highest BCUT2D eigenvalue weighted by Crippen LogP contribution is 2.25. The molecule has 1 rings (SSSR count). The molecule has 0 N–H and O–H groups in total. The van der Waals surface area contributed by atoms with Crippen molar-refractivity contribution in [1.82, 2.24) is 0 Å². The summed E-state index contributed by atoms with van der Waals surface area (Å²) in [6, 6.07) is 4.83. The topological polar surface area (TPSA) is 35.5 Å². The molecule has 0 amide bonds. The molecule has 0 aliphatic rings. The molecule has 0 aliphatic heterocycles. The average molecular weight is 323 g/mol. The van der Waals surface area contributed by atoms with Crippen LogP contribution in [0.4, 0.5) is 8.78 Å². The molecule has 6 heteroatoms. The molecule has 0 fully saturated rings. The van der Waals surface area contributed by atoms with Crippen LogP contribution in [0.1, 0.15) is 12.5 Å². The molecule has 1 aromatic carbocycles. The minimum absolute atomic E-state index is 0.0272. The second kappa shape index (κ2) is 6.13. The van der Waals surface area contributed by atoms with Crippen molar-refractivity contribution in [3.05, 3.63) is 28.2 Å². The summed E-state index contributed by atoms with van der Waals surface area (Å²) in [6.45, 7) is 0.0364. The van der Waals surface area contributed by atoms with E-state index in [4.69, 9.17) is 4.74 Å². The lowest BCUT2D eigenvalue weighted by atomic mass is 10.1. The number of hydrogen-bond donors (Lipinski definition) is 0. The highest BCUT2D eigenvalue weighted by Gasteiger charge is 2.23. The third-order valence-corrected chi connectivity index (χ3v) is 2.56. The van der Waals surface area contributed by atoms with Crippen LogP contribution in [0.2, 0.25) is 0 Å². The van der Waals surface area contributed by atoms with Crippen LogP contribution in [0.15, 0.2) is 22.7 Å². The number of methoxy groups -OCH3 is 1. The number of carbonyl (C=O) groups excluding carboxylic acids is 1. The third-order valence-electron chi connectivity index (χ3n) is 2.07. The summed E-state index contributed by atoms with van der Waals surface area (Å²) in [5.41, 5.74) is 0.500. The van der Waals surface area contributed by atoms with E-state index in [1.807, 2.05) is 0 Å². The number of benzene rings is 1. The van der Waals surface area contributed by atoms with E-state index in [-0.39, 0.29) is 12.2 Å². The lowest BCUT2D eigenvalue weighted by molar-refractivity contribution is -0.139. The van der Waals surface area contributed by atoms with Gasteiger partial charge in [0.05, 0.1) is 13.5 Å². The Balaban J connectivity index is 2.86. The van der Waals surface area contributed by atoms with Crippen molar-refractivity contribution in [3.8, 4) is 5.75 Å². The summed E-state index contributed by atoms with van der Waals surface area (Å²) in [6.07, 6.45) is -0.0272. The number of hydrogen-bond acceptors (Lipinski definition) is 3. The molecule has 0 aliphatic carbocycles. The van der Waals surface area contributed by atoms with Gasteiger partial charge in [0.2, 0.25) is 0 Å². The fourth-order valence-electron chi connectivity index (χ4n) is 1.26. The van der Waals surface area contributed by atoms with Gasteiger partial charge in [-0.05, 0) is 18.2 Å². The Morgan fingerprint density at radius 1 is 1.44 bits per heavy atom. The van der Waals surface area contributed by atoms with Gasteiger partial charge in [0, 0.05) is 17.0 Å². The fourth-order valence-corrected chi connectivity index (χ4v) is 1.67. The number of ether oxygens (including phenoxy) is 2. The first-order chi connectivity index (χ1) is 8.31. The Hall–Kier alpha value is -1.17. The summed E-state index contributed by atoms with van der Waals surface area (Å²) < 4.78 is 35.7. The van der Waals surface area contributed by atoms with Crippen molar-refractivity contribution in [2.75, 3.05) is 13.7 Å². The maximum absolute atomic E-state index is 12.7. The van der Waals surface area contributed by atoms with Gasteiger partial charge in [-0.15, -0.1) is 0 Å². The monoisotopic (exact) mass is 322 g/mol. The van der Waals surface area contributed by atoms with E-state index in [0.717, 1.165) is 11.4 Å². The second-order valence-electron chi connectivity index (χ2n) is 3.86. The van der Waals surface area contributed by atoms with Crippen LogP contribution in [0.25, 0.3) is 0 Å².